The van der Waals surface area contributed by atoms with Gasteiger partial charge in [-0.25, -0.2) is 4.98 Å². The van der Waals surface area contributed by atoms with Crippen molar-refractivity contribution in [2.24, 2.45) is 7.05 Å². The van der Waals surface area contributed by atoms with Gasteiger partial charge in [-0.3, -0.25) is 25.1 Å². The number of rotatable bonds is 2. The van der Waals surface area contributed by atoms with Crippen LogP contribution in [0.5, 0.6) is 0 Å². The number of amides is 2. The standard InChI is InChI=1S/C17H16ClN5O2/c1-9-8-12(14-10(2)22-23(3)15(14)19-9)17(25)21-20-16(24)11-6-4-5-7-13(11)18/h4-8H,1-3H3,(H,20,24)(H,21,25). The Morgan fingerprint density at radius 3 is 2.40 bits per heavy atom. The maximum atomic E-state index is 12.6. The lowest BCUT2D eigenvalue weighted by atomic mass is 10.1. The van der Waals surface area contributed by atoms with Gasteiger partial charge in [0.1, 0.15) is 0 Å². The predicted octanol–water partition coefficient (Wildman–Crippen LogP) is 2.31. The Bertz CT molecular complexity index is 996. The molecule has 2 aromatic heterocycles. The zero-order valence-corrected chi connectivity index (χ0v) is 14.7. The molecule has 0 aliphatic rings. The van der Waals surface area contributed by atoms with Crippen LogP contribution in [0.25, 0.3) is 11.0 Å². The predicted molar refractivity (Wildman–Crippen MR) is 94.4 cm³/mol. The SMILES string of the molecule is Cc1cc(C(=O)NNC(=O)c2ccccc2Cl)c2c(C)nn(C)c2n1. The summed E-state index contributed by atoms with van der Waals surface area (Å²) in [6.45, 7) is 3.60. The number of hydrogen-bond donors (Lipinski definition) is 2. The first kappa shape index (κ1) is 16.9. The van der Waals surface area contributed by atoms with Gasteiger partial charge >= 0.3 is 0 Å². The van der Waals surface area contributed by atoms with Crippen molar-refractivity contribution < 1.29 is 9.59 Å². The van der Waals surface area contributed by atoms with Gasteiger partial charge < -0.3 is 0 Å². The van der Waals surface area contributed by atoms with Crippen LogP contribution in [0.2, 0.25) is 5.02 Å². The molecule has 0 aliphatic heterocycles. The van der Waals surface area contributed by atoms with Crippen LogP contribution in [0.1, 0.15) is 32.1 Å². The molecule has 2 heterocycles. The van der Waals surface area contributed by atoms with Gasteiger partial charge in [-0.05, 0) is 32.0 Å². The third-order valence-corrected chi connectivity index (χ3v) is 4.08. The molecule has 8 heteroatoms. The topological polar surface area (TPSA) is 88.9 Å². The molecule has 0 fully saturated rings. The minimum atomic E-state index is -0.496. The number of hydrazine groups is 1. The van der Waals surface area contributed by atoms with E-state index in [-0.39, 0.29) is 5.56 Å². The Hall–Kier alpha value is -2.93. The van der Waals surface area contributed by atoms with Crippen molar-refractivity contribution in [2.75, 3.05) is 0 Å². The van der Waals surface area contributed by atoms with Gasteiger partial charge in [0.25, 0.3) is 11.8 Å². The Morgan fingerprint density at radius 1 is 1.08 bits per heavy atom. The molecule has 2 N–H and O–H groups in total. The van der Waals surface area contributed by atoms with Crippen LogP contribution in [0.3, 0.4) is 0 Å². The highest BCUT2D eigenvalue weighted by Crippen LogP contribution is 2.21. The molecule has 0 atom stereocenters. The van der Waals surface area contributed by atoms with E-state index in [4.69, 9.17) is 11.6 Å². The molecule has 1 aromatic carbocycles. The smallest absolute Gasteiger partial charge is 0.267 e. The van der Waals surface area contributed by atoms with E-state index in [0.29, 0.717) is 33.0 Å². The Kier molecular flexibility index (Phi) is 4.41. The number of nitrogens with zero attached hydrogens (tertiary/aromatic N) is 3. The van der Waals surface area contributed by atoms with Crippen molar-refractivity contribution in [1.29, 1.82) is 0 Å². The van der Waals surface area contributed by atoms with Crippen molar-refractivity contribution >= 4 is 34.4 Å². The second-order valence-corrected chi connectivity index (χ2v) is 6.01. The van der Waals surface area contributed by atoms with Gasteiger partial charge in [0.05, 0.1) is 27.2 Å². The lowest BCUT2D eigenvalue weighted by Crippen LogP contribution is -2.41. The average molecular weight is 358 g/mol. The zero-order chi connectivity index (χ0) is 18.1. The van der Waals surface area contributed by atoms with Gasteiger partial charge in [-0.15, -0.1) is 0 Å². The lowest BCUT2D eigenvalue weighted by molar-refractivity contribution is 0.0847. The molecule has 7 nitrogen and oxygen atoms in total. The number of aryl methyl sites for hydroxylation is 3. The van der Waals surface area contributed by atoms with Gasteiger partial charge in [-0.2, -0.15) is 5.10 Å². The van der Waals surface area contributed by atoms with E-state index in [1.807, 2.05) is 0 Å². The maximum Gasteiger partial charge on any atom is 0.271 e. The normalized spacial score (nSPS) is 10.7. The van der Waals surface area contributed by atoms with Gasteiger partial charge in [0.2, 0.25) is 0 Å². The first-order chi connectivity index (χ1) is 11.9. The van der Waals surface area contributed by atoms with Crippen LogP contribution < -0.4 is 10.9 Å². The van der Waals surface area contributed by atoms with E-state index in [1.165, 1.54) is 0 Å². The summed E-state index contributed by atoms with van der Waals surface area (Å²) in [5.74, 6) is -0.948. The fourth-order valence-corrected chi connectivity index (χ4v) is 2.86. The molecule has 0 bridgehead atoms. The van der Waals surface area contributed by atoms with Crippen molar-refractivity contribution in [3.8, 4) is 0 Å². The minimum Gasteiger partial charge on any atom is -0.267 e. The summed E-state index contributed by atoms with van der Waals surface area (Å²) in [5.41, 5.74) is 7.45. The van der Waals surface area contributed by atoms with Crippen LogP contribution in [-0.2, 0) is 7.05 Å². The molecule has 3 aromatic rings. The number of carbonyl (C=O) groups is 2. The van der Waals surface area contributed by atoms with E-state index >= 15 is 0 Å². The summed E-state index contributed by atoms with van der Waals surface area (Å²) >= 11 is 5.98. The van der Waals surface area contributed by atoms with E-state index in [1.54, 1.807) is 55.9 Å². The summed E-state index contributed by atoms with van der Waals surface area (Å²) in [6.07, 6.45) is 0. The number of benzene rings is 1. The Morgan fingerprint density at radius 2 is 1.72 bits per heavy atom. The van der Waals surface area contributed by atoms with Crippen molar-refractivity contribution in [1.82, 2.24) is 25.6 Å². The van der Waals surface area contributed by atoms with Gasteiger partial charge in [-0.1, -0.05) is 23.7 Å². The fraction of sp³-hybridized carbons (Fsp3) is 0.176. The Balaban J connectivity index is 1.86. The molecular weight excluding hydrogens is 342 g/mol. The quantitative estimate of drug-likeness (QED) is 0.689. The molecule has 0 aliphatic carbocycles. The van der Waals surface area contributed by atoms with Gasteiger partial charge in [0.15, 0.2) is 5.65 Å². The first-order valence-electron chi connectivity index (χ1n) is 7.54. The number of pyridine rings is 1. The number of nitrogens with one attached hydrogen (secondary N) is 2. The highest BCUT2D eigenvalue weighted by atomic mass is 35.5. The maximum absolute atomic E-state index is 12.6. The number of aromatic nitrogens is 3. The lowest BCUT2D eigenvalue weighted by Gasteiger charge is -2.10. The van der Waals surface area contributed by atoms with Gasteiger partial charge in [0, 0.05) is 12.7 Å². The molecule has 0 spiro atoms. The average Bonchev–Trinajstić information content (AvgIpc) is 2.86. The summed E-state index contributed by atoms with van der Waals surface area (Å²) in [7, 11) is 1.77. The second-order valence-electron chi connectivity index (χ2n) is 5.61. The number of fused-ring (bicyclic) bond motifs is 1. The molecule has 0 radical (unpaired) electrons. The molecule has 0 saturated carbocycles. The molecule has 3 rings (SSSR count). The second kappa shape index (κ2) is 6.52. The van der Waals surface area contributed by atoms with Crippen molar-refractivity contribution in [2.45, 2.75) is 13.8 Å². The molecule has 0 unspecified atom stereocenters. The van der Waals surface area contributed by atoms with Crippen LogP contribution >= 0.6 is 11.6 Å². The largest absolute Gasteiger partial charge is 0.271 e. The summed E-state index contributed by atoms with van der Waals surface area (Å²) in [4.78, 5) is 29.1. The minimum absolute atomic E-state index is 0.276. The van der Waals surface area contributed by atoms with Crippen LogP contribution in [0.15, 0.2) is 30.3 Å². The van der Waals surface area contributed by atoms with Crippen molar-refractivity contribution in [3.63, 3.8) is 0 Å². The van der Waals surface area contributed by atoms with Crippen LogP contribution in [0, 0.1) is 13.8 Å². The molecule has 0 saturated heterocycles. The summed E-state index contributed by atoms with van der Waals surface area (Å²) in [5, 5.41) is 5.25. The third kappa shape index (κ3) is 3.18. The van der Waals surface area contributed by atoms with E-state index in [2.05, 4.69) is 20.9 Å². The van der Waals surface area contributed by atoms with E-state index in [0.717, 1.165) is 0 Å². The zero-order valence-electron chi connectivity index (χ0n) is 13.9. The molecule has 25 heavy (non-hydrogen) atoms. The highest BCUT2D eigenvalue weighted by Gasteiger charge is 2.18. The highest BCUT2D eigenvalue weighted by molar-refractivity contribution is 6.33. The summed E-state index contributed by atoms with van der Waals surface area (Å²) < 4.78 is 1.62. The third-order valence-electron chi connectivity index (χ3n) is 3.75. The van der Waals surface area contributed by atoms with E-state index in [9.17, 15) is 9.59 Å². The van der Waals surface area contributed by atoms with Crippen LogP contribution in [-0.4, -0.2) is 26.6 Å². The molecule has 2 amide bonds. The molecular formula is C17H16ClN5O2. The Labute approximate surface area is 149 Å². The number of hydrogen-bond acceptors (Lipinski definition) is 4. The van der Waals surface area contributed by atoms with Crippen LogP contribution in [0.4, 0.5) is 0 Å². The first-order valence-corrected chi connectivity index (χ1v) is 7.92. The molecule has 128 valence electrons. The monoisotopic (exact) mass is 357 g/mol. The van der Waals surface area contributed by atoms with E-state index < -0.39 is 11.8 Å². The number of carbonyl (C=O) groups excluding carboxylic acids is 2. The fourth-order valence-electron chi connectivity index (χ4n) is 2.64. The van der Waals surface area contributed by atoms with Crippen molar-refractivity contribution in [3.05, 3.63) is 57.9 Å². The number of halogens is 1. The summed E-state index contributed by atoms with van der Waals surface area (Å²) in [6, 6.07) is 8.25.